The highest BCUT2D eigenvalue weighted by molar-refractivity contribution is 5.93. The van der Waals surface area contributed by atoms with Gasteiger partial charge in [-0.3, -0.25) is 9.89 Å². The molecule has 0 unspecified atom stereocenters. The molecule has 3 rings (SSSR count). The standard InChI is InChI=1S/C14H14N2O3/c1-9(17)12-8-13(16-15-12)10-2-4-11(5-3-10)14-18-6-7-19-14/h2-5,8,14H,6-7H2,1H3,(H,15,16). The molecule has 2 aromatic rings. The number of carbonyl (C=O) groups is 1. The number of H-pyrrole nitrogens is 1. The summed E-state index contributed by atoms with van der Waals surface area (Å²) in [6.07, 6.45) is -0.263. The second-order valence-corrected chi connectivity index (χ2v) is 4.42. The highest BCUT2D eigenvalue weighted by Crippen LogP contribution is 2.26. The smallest absolute Gasteiger partial charge is 0.184 e. The lowest BCUT2D eigenvalue weighted by Gasteiger charge is -2.09. The summed E-state index contributed by atoms with van der Waals surface area (Å²) < 4.78 is 10.9. The molecule has 5 nitrogen and oxygen atoms in total. The molecule has 0 spiro atoms. The van der Waals surface area contributed by atoms with E-state index < -0.39 is 0 Å². The van der Waals surface area contributed by atoms with E-state index in [1.807, 2.05) is 24.3 Å². The Morgan fingerprint density at radius 2 is 1.95 bits per heavy atom. The molecular formula is C14H14N2O3. The minimum absolute atomic E-state index is 0.0249. The van der Waals surface area contributed by atoms with E-state index in [0.717, 1.165) is 16.8 Å². The first-order valence-electron chi connectivity index (χ1n) is 6.14. The summed E-state index contributed by atoms with van der Waals surface area (Å²) in [7, 11) is 0. The van der Waals surface area contributed by atoms with Crippen LogP contribution >= 0.6 is 0 Å². The average Bonchev–Trinajstić information content (AvgIpc) is 3.11. The summed E-state index contributed by atoms with van der Waals surface area (Å²) in [4.78, 5) is 11.2. The third-order valence-corrected chi connectivity index (χ3v) is 3.06. The molecule has 0 saturated carbocycles. The summed E-state index contributed by atoms with van der Waals surface area (Å²) in [6.45, 7) is 2.77. The number of aromatic nitrogens is 2. The van der Waals surface area contributed by atoms with Gasteiger partial charge in [-0.25, -0.2) is 0 Å². The molecule has 1 fully saturated rings. The van der Waals surface area contributed by atoms with E-state index in [4.69, 9.17) is 9.47 Å². The number of hydrogen-bond donors (Lipinski definition) is 1. The van der Waals surface area contributed by atoms with Crippen molar-refractivity contribution < 1.29 is 14.3 Å². The summed E-state index contributed by atoms with van der Waals surface area (Å²) >= 11 is 0. The van der Waals surface area contributed by atoms with Crippen LogP contribution in [0.2, 0.25) is 0 Å². The van der Waals surface area contributed by atoms with E-state index in [2.05, 4.69) is 10.2 Å². The molecule has 1 saturated heterocycles. The molecule has 19 heavy (non-hydrogen) atoms. The van der Waals surface area contributed by atoms with Crippen molar-refractivity contribution in [2.75, 3.05) is 13.2 Å². The maximum Gasteiger partial charge on any atom is 0.184 e. The Kier molecular flexibility index (Phi) is 3.15. The van der Waals surface area contributed by atoms with Crippen LogP contribution in [-0.4, -0.2) is 29.2 Å². The van der Waals surface area contributed by atoms with Crippen molar-refractivity contribution in [1.82, 2.24) is 10.2 Å². The van der Waals surface area contributed by atoms with E-state index in [9.17, 15) is 4.79 Å². The van der Waals surface area contributed by atoms with Crippen LogP contribution in [-0.2, 0) is 9.47 Å². The fourth-order valence-electron chi connectivity index (χ4n) is 2.01. The highest BCUT2D eigenvalue weighted by Gasteiger charge is 2.18. The predicted octanol–water partition coefficient (Wildman–Crippen LogP) is 2.32. The molecule has 0 radical (unpaired) electrons. The van der Waals surface area contributed by atoms with Crippen LogP contribution in [0.25, 0.3) is 11.3 Å². The van der Waals surface area contributed by atoms with Gasteiger partial charge < -0.3 is 9.47 Å². The summed E-state index contributed by atoms with van der Waals surface area (Å²) in [6, 6.07) is 9.54. The monoisotopic (exact) mass is 258 g/mol. The fourth-order valence-corrected chi connectivity index (χ4v) is 2.01. The maximum absolute atomic E-state index is 11.2. The first-order chi connectivity index (χ1) is 9.24. The quantitative estimate of drug-likeness (QED) is 0.858. The average molecular weight is 258 g/mol. The Labute approximate surface area is 110 Å². The lowest BCUT2D eigenvalue weighted by Crippen LogP contribution is -1.97. The number of Topliss-reactive ketones (excluding diaryl/α,β-unsaturated/α-hetero) is 1. The largest absolute Gasteiger partial charge is 0.346 e. The minimum Gasteiger partial charge on any atom is -0.346 e. The number of nitrogens with one attached hydrogen (secondary N) is 1. The zero-order chi connectivity index (χ0) is 13.2. The normalized spacial score (nSPS) is 15.8. The van der Waals surface area contributed by atoms with Crippen molar-refractivity contribution in [2.45, 2.75) is 13.2 Å². The first kappa shape index (κ1) is 12.1. The number of aromatic amines is 1. The van der Waals surface area contributed by atoms with Crippen molar-refractivity contribution in [1.29, 1.82) is 0 Å². The second kappa shape index (κ2) is 4.95. The molecule has 1 aliphatic heterocycles. The van der Waals surface area contributed by atoms with Gasteiger partial charge in [0.05, 0.1) is 18.9 Å². The Balaban J connectivity index is 1.82. The molecule has 0 aliphatic carbocycles. The number of ketones is 1. The van der Waals surface area contributed by atoms with Crippen molar-refractivity contribution in [3.63, 3.8) is 0 Å². The fraction of sp³-hybridized carbons (Fsp3) is 0.286. The van der Waals surface area contributed by atoms with Gasteiger partial charge in [-0.15, -0.1) is 0 Å². The first-order valence-corrected chi connectivity index (χ1v) is 6.14. The lowest BCUT2D eigenvalue weighted by molar-refractivity contribution is -0.0441. The molecule has 5 heteroatoms. The zero-order valence-corrected chi connectivity index (χ0v) is 10.6. The molecule has 0 bridgehead atoms. The molecule has 0 amide bonds. The third-order valence-electron chi connectivity index (χ3n) is 3.06. The van der Waals surface area contributed by atoms with Crippen LogP contribution in [0.15, 0.2) is 30.3 Å². The molecule has 1 aromatic carbocycles. The van der Waals surface area contributed by atoms with Gasteiger partial charge in [0.15, 0.2) is 12.1 Å². The van der Waals surface area contributed by atoms with Gasteiger partial charge in [-0.05, 0) is 6.07 Å². The zero-order valence-electron chi connectivity index (χ0n) is 10.6. The molecular weight excluding hydrogens is 244 g/mol. The summed E-state index contributed by atoms with van der Waals surface area (Å²) in [5, 5.41) is 6.85. The van der Waals surface area contributed by atoms with E-state index >= 15 is 0 Å². The number of carbonyl (C=O) groups excluding carboxylic acids is 1. The van der Waals surface area contributed by atoms with E-state index in [-0.39, 0.29) is 12.1 Å². The highest BCUT2D eigenvalue weighted by atomic mass is 16.7. The van der Waals surface area contributed by atoms with Crippen molar-refractivity contribution in [2.24, 2.45) is 0 Å². The molecule has 1 N–H and O–H groups in total. The van der Waals surface area contributed by atoms with Crippen LogP contribution < -0.4 is 0 Å². The van der Waals surface area contributed by atoms with Gasteiger partial charge in [-0.2, -0.15) is 5.10 Å². The van der Waals surface area contributed by atoms with Gasteiger partial charge in [0.2, 0.25) is 0 Å². The number of benzene rings is 1. The number of ether oxygens (including phenoxy) is 2. The van der Waals surface area contributed by atoms with E-state index in [1.54, 1.807) is 6.07 Å². The van der Waals surface area contributed by atoms with Crippen molar-refractivity contribution >= 4 is 5.78 Å². The Bertz CT molecular complexity index is 583. The minimum atomic E-state index is -0.263. The molecule has 0 atom stereocenters. The van der Waals surface area contributed by atoms with Crippen LogP contribution in [0.1, 0.15) is 29.3 Å². The third kappa shape index (κ3) is 2.43. The maximum atomic E-state index is 11.2. The molecule has 98 valence electrons. The predicted molar refractivity (Wildman–Crippen MR) is 68.7 cm³/mol. The van der Waals surface area contributed by atoms with Crippen molar-refractivity contribution in [3.05, 3.63) is 41.6 Å². The van der Waals surface area contributed by atoms with E-state index in [0.29, 0.717) is 18.9 Å². The van der Waals surface area contributed by atoms with Crippen LogP contribution in [0.4, 0.5) is 0 Å². The molecule has 1 aromatic heterocycles. The van der Waals surface area contributed by atoms with Crippen molar-refractivity contribution in [3.8, 4) is 11.3 Å². The van der Waals surface area contributed by atoms with Gasteiger partial charge in [0.1, 0.15) is 5.69 Å². The molecule has 1 aliphatic rings. The van der Waals surface area contributed by atoms with Crippen LogP contribution in [0, 0.1) is 0 Å². The van der Waals surface area contributed by atoms with Crippen LogP contribution in [0.3, 0.4) is 0 Å². The van der Waals surface area contributed by atoms with E-state index in [1.165, 1.54) is 6.92 Å². The molecule has 2 heterocycles. The van der Waals surface area contributed by atoms with Gasteiger partial charge in [0.25, 0.3) is 0 Å². The summed E-state index contributed by atoms with van der Waals surface area (Å²) in [5.41, 5.74) is 3.21. The Morgan fingerprint density at radius 3 is 2.53 bits per heavy atom. The van der Waals surface area contributed by atoms with Gasteiger partial charge in [-0.1, -0.05) is 24.3 Å². The Morgan fingerprint density at radius 1 is 1.26 bits per heavy atom. The lowest BCUT2D eigenvalue weighted by atomic mass is 10.1. The second-order valence-electron chi connectivity index (χ2n) is 4.42. The number of hydrogen-bond acceptors (Lipinski definition) is 4. The SMILES string of the molecule is CC(=O)c1cc(-c2ccc(C3OCCO3)cc2)n[nH]1. The summed E-state index contributed by atoms with van der Waals surface area (Å²) in [5.74, 6) is -0.0249. The topological polar surface area (TPSA) is 64.2 Å². The Hall–Kier alpha value is -1.98. The van der Waals surface area contributed by atoms with Gasteiger partial charge >= 0.3 is 0 Å². The number of rotatable bonds is 3. The van der Waals surface area contributed by atoms with Crippen LogP contribution in [0.5, 0.6) is 0 Å². The van der Waals surface area contributed by atoms with Gasteiger partial charge in [0, 0.05) is 18.1 Å². The number of nitrogens with zero attached hydrogens (tertiary/aromatic N) is 1.